The Balaban J connectivity index is 1.91. The van der Waals surface area contributed by atoms with Gasteiger partial charge in [-0.15, -0.1) is 0 Å². The molecule has 0 heterocycles. The first-order valence-corrected chi connectivity index (χ1v) is 6.61. The summed E-state index contributed by atoms with van der Waals surface area (Å²) < 4.78 is 11.5. The lowest BCUT2D eigenvalue weighted by molar-refractivity contribution is -0.0163. The number of nitrogens with two attached hydrogens (primary N) is 1. The lowest BCUT2D eigenvalue weighted by Gasteiger charge is -2.20. The van der Waals surface area contributed by atoms with Crippen molar-refractivity contribution in [2.45, 2.75) is 45.3 Å². The van der Waals surface area contributed by atoms with Crippen LogP contribution in [0.3, 0.4) is 0 Å². The Bertz CT molecular complexity index is 409. The van der Waals surface area contributed by atoms with Gasteiger partial charge in [0.15, 0.2) is 0 Å². The lowest BCUT2D eigenvalue weighted by atomic mass is 10.1. The maximum absolute atomic E-state index is 6.05. The highest BCUT2D eigenvalue weighted by Gasteiger charge is 2.22. The van der Waals surface area contributed by atoms with E-state index in [4.69, 9.17) is 15.2 Å². The Hall–Kier alpha value is -1.06. The van der Waals surface area contributed by atoms with Gasteiger partial charge in [-0.1, -0.05) is 12.1 Å². The largest absolute Gasteiger partial charge is 0.491 e. The maximum Gasteiger partial charge on any atom is 0.122 e. The van der Waals surface area contributed by atoms with Gasteiger partial charge in [0.2, 0.25) is 0 Å². The minimum absolute atomic E-state index is 0.107. The molecule has 2 N–H and O–H groups in total. The highest BCUT2D eigenvalue weighted by atomic mass is 16.5. The molecule has 0 aromatic heterocycles. The second-order valence-corrected chi connectivity index (χ2v) is 5.78. The van der Waals surface area contributed by atoms with E-state index in [1.54, 1.807) is 0 Å². The zero-order valence-electron chi connectivity index (χ0n) is 11.5. The molecule has 18 heavy (non-hydrogen) atoms. The minimum Gasteiger partial charge on any atom is -0.491 e. The highest BCUT2D eigenvalue weighted by Crippen LogP contribution is 2.35. The molecule has 1 unspecified atom stereocenters. The van der Waals surface area contributed by atoms with Crippen LogP contribution in [0.2, 0.25) is 0 Å². The Kier molecular flexibility index (Phi) is 3.93. The van der Waals surface area contributed by atoms with Crippen LogP contribution in [0.4, 0.5) is 0 Å². The normalized spacial score (nSPS) is 18.8. The average Bonchev–Trinajstić information content (AvgIpc) is 2.67. The molecule has 1 aromatic carbocycles. The van der Waals surface area contributed by atoms with Crippen LogP contribution in [0.1, 0.15) is 44.4 Å². The van der Waals surface area contributed by atoms with E-state index in [9.17, 15) is 0 Å². The van der Waals surface area contributed by atoms with Gasteiger partial charge in [0.25, 0.3) is 0 Å². The molecule has 100 valence electrons. The Morgan fingerprint density at radius 3 is 2.78 bits per heavy atom. The van der Waals surface area contributed by atoms with E-state index in [2.05, 4.69) is 6.07 Å². The van der Waals surface area contributed by atoms with Crippen molar-refractivity contribution in [1.29, 1.82) is 0 Å². The number of fused-ring (bicyclic) bond motifs is 1. The van der Waals surface area contributed by atoms with Gasteiger partial charge < -0.3 is 15.2 Å². The molecule has 0 aliphatic heterocycles. The molecule has 0 saturated heterocycles. The molecular formula is C15H23NO2. The van der Waals surface area contributed by atoms with Crippen LogP contribution >= 0.6 is 0 Å². The van der Waals surface area contributed by atoms with E-state index in [-0.39, 0.29) is 11.6 Å². The zero-order chi connectivity index (χ0) is 13.2. The lowest BCUT2D eigenvalue weighted by Crippen LogP contribution is -2.22. The summed E-state index contributed by atoms with van der Waals surface area (Å²) in [7, 11) is 0. The molecule has 0 saturated carbocycles. The van der Waals surface area contributed by atoms with Crippen LogP contribution in [-0.4, -0.2) is 18.8 Å². The number of hydrogen-bond donors (Lipinski definition) is 1. The predicted molar refractivity (Wildman–Crippen MR) is 72.9 cm³/mol. The van der Waals surface area contributed by atoms with Gasteiger partial charge in [-0.05, 0) is 50.8 Å². The van der Waals surface area contributed by atoms with Gasteiger partial charge in [-0.2, -0.15) is 0 Å². The number of hydrogen-bond acceptors (Lipinski definition) is 3. The van der Waals surface area contributed by atoms with E-state index in [1.165, 1.54) is 11.1 Å². The molecule has 3 nitrogen and oxygen atoms in total. The molecule has 1 aliphatic rings. The van der Waals surface area contributed by atoms with Crippen LogP contribution < -0.4 is 10.5 Å². The molecule has 0 fully saturated rings. The second kappa shape index (κ2) is 5.29. The standard InChI is InChI=1S/C15H23NO2/c1-15(2,3)18-10-9-17-14-6-4-5-11-12(14)7-8-13(11)16/h4-6,13H,7-10,16H2,1-3H3. The zero-order valence-corrected chi connectivity index (χ0v) is 11.5. The fourth-order valence-electron chi connectivity index (χ4n) is 2.29. The monoisotopic (exact) mass is 249 g/mol. The molecule has 0 radical (unpaired) electrons. The first-order valence-electron chi connectivity index (χ1n) is 6.61. The van der Waals surface area contributed by atoms with Crippen molar-refractivity contribution in [3.05, 3.63) is 29.3 Å². The molecule has 0 amide bonds. The third kappa shape index (κ3) is 3.24. The van der Waals surface area contributed by atoms with Crippen molar-refractivity contribution in [2.24, 2.45) is 5.73 Å². The van der Waals surface area contributed by atoms with Gasteiger partial charge in [0, 0.05) is 6.04 Å². The third-order valence-electron chi connectivity index (χ3n) is 3.15. The minimum atomic E-state index is -0.107. The van der Waals surface area contributed by atoms with Crippen molar-refractivity contribution in [3.63, 3.8) is 0 Å². The van der Waals surface area contributed by atoms with Crippen LogP contribution in [0.25, 0.3) is 0 Å². The van der Waals surface area contributed by atoms with Gasteiger partial charge in [0.05, 0.1) is 12.2 Å². The fourth-order valence-corrected chi connectivity index (χ4v) is 2.29. The van der Waals surface area contributed by atoms with Crippen LogP contribution in [-0.2, 0) is 11.2 Å². The highest BCUT2D eigenvalue weighted by molar-refractivity contribution is 5.44. The van der Waals surface area contributed by atoms with E-state index in [0.717, 1.165) is 18.6 Å². The summed E-state index contributed by atoms with van der Waals surface area (Å²) in [6.45, 7) is 7.34. The van der Waals surface area contributed by atoms with E-state index >= 15 is 0 Å². The maximum atomic E-state index is 6.05. The second-order valence-electron chi connectivity index (χ2n) is 5.78. The first-order chi connectivity index (χ1) is 8.47. The molecule has 3 heteroatoms. The van der Waals surface area contributed by atoms with E-state index in [1.807, 2.05) is 32.9 Å². The first kappa shape index (κ1) is 13.4. The number of rotatable bonds is 4. The van der Waals surface area contributed by atoms with Crippen molar-refractivity contribution in [1.82, 2.24) is 0 Å². The van der Waals surface area contributed by atoms with Gasteiger partial charge in [-0.3, -0.25) is 0 Å². The molecule has 0 spiro atoms. The Labute approximate surface area is 109 Å². The molecular weight excluding hydrogens is 226 g/mol. The summed E-state index contributed by atoms with van der Waals surface area (Å²) in [4.78, 5) is 0. The predicted octanol–water partition coefficient (Wildman–Crippen LogP) is 2.83. The van der Waals surface area contributed by atoms with Gasteiger partial charge in [-0.25, -0.2) is 0 Å². The SMILES string of the molecule is CC(C)(C)OCCOc1cccc2c1CCC2N. The Morgan fingerprint density at radius 1 is 1.28 bits per heavy atom. The van der Waals surface area contributed by atoms with E-state index in [0.29, 0.717) is 13.2 Å². The summed E-state index contributed by atoms with van der Waals surface area (Å²) in [5, 5.41) is 0. The summed E-state index contributed by atoms with van der Waals surface area (Å²) in [6, 6.07) is 6.32. The van der Waals surface area contributed by atoms with Crippen LogP contribution in [0.15, 0.2) is 18.2 Å². The summed E-state index contributed by atoms with van der Waals surface area (Å²) in [5.74, 6) is 0.970. The molecule has 1 atom stereocenters. The molecule has 1 aliphatic carbocycles. The quantitative estimate of drug-likeness (QED) is 0.834. The average molecular weight is 249 g/mol. The molecule has 2 rings (SSSR count). The Morgan fingerprint density at radius 2 is 2.06 bits per heavy atom. The van der Waals surface area contributed by atoms with Crippen molar-refractivity contribution >= 4 is 0 Å². The van der Waals surface area contributed by atoms with Gasteiger partial charge in [0.1, 0.15) is 12.4 Å². The topological polar surface area (TPSA) is 44.5 Å². The van der Waals surface area contributed by atoms with Gasteiger partial charge >= 0.3 is 0 Å². The van der Waals surface area contributed by atoms with Crippen molar-refractivity contribution in [2.75, 3.05) is 13.2 Å². The number of benzene rings is 1. The van der Waals surface area contributed by atoms with E-state index < -0.39 is 0 Å². The third-order valence-corrected chi connectivity index (χ3v) is 3.15. The van der Waals surface area contributed by atoms with Crippen molar-refractivity contribution < 1.29 is 9.47 Å². The summed E-state index contributed by atoms with van der Waals surface area (Å²) in [5.41, 5.74) is 8.46. The van der Waals surface area contributed by atoms with Crippen molar-refractivity contribution in [3.8, 4) is 5.75 Å². The molecule has 1 aromatic rings. The summed E-state index contributed by atoms with van der Waals surface area (Å²) >= 11 is 0. The summed E-state index contributed by atoms with van der Waals surface area (Å²) in [6.07, 6.45) is 2.04. The van der Waals surface area contributed by atoms with Crippen LogP contribution in [0.5, 0.6) is 5.75 Å². The number of ether oxygens (including phenoxy) is 2. The smallest absolute Gasteiger partial charge is 0.122 e. The molecule has 0 bridgehead atoms. The van der Waals surface area contributed by atoms with Crippen LogP contribution in [0, 0.1) is 0 Å². The fraction of sp³-hybridized carbons (Fsp3) is 0.600.